The van der Waals surface area contributed by atoms with Crippen molar-refractivity contribution in [2.75, 3.05) is 20.2 Å². The Labute approximate surface area is 128 Å². The van der Waals surface area contributed by atoms with Gasteiger partial charge in [0.25, 0.3) is 5.91 Å². The van der Waals surface area contributed by atoms with E-state index in [9.17, 15) is 9.18 Å². The van der Waals surface area contributed by atoms with Crippen molar-refractivity contribution in [3.63, 3.8) is 0 Å². The summed E-state index contributed by atoms with van der Waals surface area (Å²) in [5.74, 6) is -0.466. The van der Waals surface area contributed by atoms with Gasteiger partial charge >= 0.3 is 0 Å². The maximum atomic E-state index is 13.8. The number of H-pyrrole nitrogens is 1. The third-order valence-electron chi connectivity index (χ3n) is 4.07. The van der Waals surface area contributed by atoms with Gasteiger partial charge in [0.05, 0.1) is 12.7 Å². The molecule has 1 saturated heterocycles. The summed E-state index contributed by atoms with van der Waals surface area (Å²) >= 11 is 0. The van der Waals surface area contributed by atoms with E-state index in [1.165, 1.54) is 19.2 Å². The van der Waals surface area contributed by atoms with Crippen molar-refractivity contribution in [1.29, 1.82) is 0 Å². The maximum Gasteiger partial charge on any atom is 0.257 e. The van der Waals surface area contributed by atoms with Crippen molar-refractivity contribution in [3.05, 3.63) is 47.5 Å². The van der Waals surface area contributed by atoms with Crippen LogP contribution < -0.4 is 4.74 Å². The highest BCUT2D eigenvalue weighted by Gasteiger charge is 2.28. The lowest BCUT2D eigenvalue weighted by Crippen LogP contribution is -2.39. The van der Waals surface area contributed by atoms with E-state index < -0.39 is 5.82 Å². The normalized spacial score (nSPS) is 18.3. The summed E-state index contributed by atoms with van der Waals surface area (Å²) in [5.41, 5.74) is 1.30. The number of ether oxygens (including phenoxy) is 1. The van der Waals surface area contributed by atoms with Crippen molar-refractivity contribution in [1.82, 2.24) is 15.1 Å². The summed E-state index contributed by atoms with van der Waals surface area (Å²) in [6.07, 6.45) is 3.63. The molecule has 0 saturated carbocycles. The fourth-order valence-corrected chi connectivity index (χ4v) is 2.96. The van der Waals surface area contributed by atoms with Gasteiger partial charge in [-0.1, -0.05) is 6.07 Å². The van der Waals surface area contributed by atoms with Crippen molar-refractivity contribution >= 4 is 5.91 Å². The first kappa shape index (κ1) is 14.6. The number of carbonyl (C=O) groups excluding carboxylic acids is 1. The number of halogens is 1. The molecular weight excluding hydrogens is 285 g/mol. The van der Waals surface area contributed by atoms with Gasteiger partial charge in [0.2, 0.25) is 0 Å². The molecule has 1 aliphatic rings. The quantitative estimate of drug-likeness (QED) is 0.948. The highest BCUT2D eigenvalue weighted by Crippen LogP contribution is 2.29. The molecule has 1 atom stereocenters. The van der Waals surface area contributed by atoms with Crippen LogP contribution in [0.3, 0.4) is 0 Å². The number of nitrogens with zero attached hydrogens (tertiary/aromatic N) is 2. The zero-order valence-electron chi connectivity index (χ0n) is 12.4. The van der Waals surface area contributed by atoms with Crippen LogP contribution in [-0.4, -0.2) is 41.2 Å². The predicted molar refractivity (Wildman–Crippen MR) is 79.4 cm³/mol. The van der Waals surface area contributed by atoms with Gasteiger partial charge in [0.15, 0.2) is 11.6 Å². The van der Waals surface area contributed by atoms with E-state index in [0.717, 1.165) is 18.5 Å². The Hall–Kier alpha value is -2.37. The van der Waals surface area contributed by atoms with Crippen molar-refractivity contribution in [2.45, 2.75) is 18.8 Å². The monoisotopic (exact) mass is 303 g/mol. The van der Waals surface area contributed by atoms with Crippen LogP contribution in [0, 0.1) is 5.82 Å². The van der Waals surface area contributed by atoms with Gasteiger partial charge in [-0.25, -0.2) is 4.39 Å². The molecule has 0 spiro atoms. The Morgan fingerprint density at radius 3 is 3.05 bits per heavy atom. The molecule has 1 N–H and O–H groups in total. The Kier molecular flexibility index (Phi) is 4.09. The van der Waals surface area contributed by atoms with Gasteiger partial charge < -0.3 is 9.64 Å². The molecule has 5 nitrogen and oxygen atoms in total. The molecule has 0 bridgehead atoms. The molecule has 0 aliphatic carbocycles. The van der Waals surface area contributed by atoms with Gasteiger partial charge in [0.1, 0.15) is 0 Å². The van der Waals surface area contributed by atoms with Crippen LogP contribution in [-0.2, 0) is 0 Å². The maximum absolute atomic E-state index is 13.8. The number of aromatic amines is 1. The largest absolute Gasteiger partial charge is 0.493 e. The smallest absolute Gasteiger partial charge is 0.257 e. The molecule has 2 aromatic rings. The molecule has 1 aromatic heterocycles. The highest BCUT2D eigenvalue weighted by atomic mass is 19.1. The van der Waals surface area contributed by atoms with Crippen LogP contribution in [0.25, 0.3) is 0 Å². The lowest BCUT2D eigenvalue weighted by atomic mass is 9.94. The van der Waals surface area contributed by atoms with E-state index in [4.69, 9.17) is 4.74 Å². The average molecular weight is 303 g/mol. The molecule has 1 aliphatic heterocycles. The van der Waals surface area contributed by atoms with Crippen LogP contribution in [0.5, 0.6) is 5.75 Å². The second-order valence-electron chi connectivity index (χ2n) is 5.42. The second kappa shape index (κ2) is 6.17. The number of likely N-dealkylation sites (tertiary alicyclic amines) is 1. The number of hydrogen-bond acceptors (Lipinski definition) is 3. The van der Waals surface area contributed by atoms with E-state index in [1.807, 2.05) is 6.07 Å². The van der Waals surface area contributed by atoms with E-state index in [-0.39, 0.29) is 23.1 Å². The summed E-state index contributed by atoms with van der Waals surface area (Å²) < 4.78 is 18.8. The molecule has 2 heterocycles. The van der Waals surface area contributed by atoms with Crippen LogP contribution in [0.2, 0.25) is 0 Å². The Morgan fingerprint density at radius 2 is 2.32 bits per heavy atom. The molecule has 1 fully saturated rings. The fourth-order valence-electron chi connectivity index (χ4n) is 2.96. The Bertz CT molecular complexity index is 657. The van der Waals surface area contributed by atoms with E-state index in [2.05, 4.69) is 10.2 Å². The van der Waals surface area contributed by atoms with Crippen molar-refractivity contribution < 1.29 is 13.9 Å². The number of para-hydroxylation sites is 1. The first-order chi connectivity index (χ1) is 10.7. The molecule has 1 unspecified atom stereocenters. The second-order valence-corrected chi connectivity index (χ2v) is 5.42. The highest BCUT2D eigenvalue weighted by molar-refractivity contribution is 5.97. The number of rotatable bonds is 3. The molecule has 0 radical (unpaired) electrons. The molecule has 1 amide bonds. The third-order valence-corrected chi connectivity index (χ3v) is 4.07. The van der Waals surface area contributed by atoms with Crippen LogP contribution in [0.4, 0.5) is 4.39 Å². The topological polar surface area (TPSA) is 58.2 Å². The zero-order chi connectivity index (χ0) is 15.5. The molecule has 1 aromatic carbocycles. The van der Waals surface area contributed by atoms with Crippen LogP contribution in [0.15, 0.2) is 30.5 Å². The number of benzene rings is 1. The molecule has 116 valence electrons. The van der Waals surface area contributed by atoms with Crippen LogP contribution >= 0.6 is 0 Å². The minimum absolute atomic E-state index is 0.0103. The SMILES string of the molecule is COc1c(F)cccc1C(=O)N1CCCC(c2ccn[nH]2)C1. The molecular formula is C16H18FN3O2. The summed E-state index contributed by atoms with van der Waals surface area (Å²) in [5, 5.41) is 6.93. The Balaban J connectivity index is 1.82. The molecule has 6 heteroatoms. The van der Waals surface area contributed by atoms with Crippen molar-refractivity contribution in [3.8, 4) is 5.75 Å². The first-order valence-electron chi connectivity index (χ1n) is 7.31. The summed E-state index contributed by atoms with van der Waals surface area (Å²) in [4.78, 5) is 14.5. The first-order valence-corrected chi connectivity index (χ1v) is 7.31. The van der Waals surface area contributed by atoms with Gasteiger partial charge in [-0.2, -0.15) is 5.10 Å². The average Bonchev–Trinajstić information content (AvgIpc) is 3.08. The van der Waals surface area contributed by atoms with Crippen LogP contribution in [0.1, 0.15) is 34.8 Å². The standard InChI is InChI=1S/C16H18FN3O2/c1-22-15-12(5-2-6-13(15)17)16(21)20-9-3-4-11(10-20)14-7-8-18-19-14/h2,5-8,11H,3-4,9-10H2,1H3,(H,18,19). The third kappa shape index (κ3) is 2.68. The Morgan fingerprint density at radius 1 is 1.45 bits per heavy atom. The summed E-state index contributed by atoms with van der Waals surface area (Å²) in [6.45, 7) is 1.27. The fraction of sp³-hybridized carbons (Fsp3) is 0.375. The van der Waals surface area contributed by atoms with E-state index >= 15 is 0 Å². The number of amides is 1. The summed E-state index contributed by atoms with van der Waals surface area (Å²) in [7, 11) is 1.37. The number of aromatic nitrogens is 2. The number of hydrogen-bond donors (Lipinski definition) is 1. The zero-order valence-corrected chi connectivity index (χ0v) is 12.4. The minimum atomic E-state index is -0.518. The minimum Gasteiger partial charge on any atom is -0.493 e. The number of methoxy groups -OCH3 is 1. The van der Waals surface area contributed by atoms with Gasteiger partial charge in [0, 0.05) is 30.9 Å². The lowest BCUT2D eigenvalue weighted by molar-refractivity contribution is 0.0701. The lowest BCUT2D eigenvalue weighted by Gasteiger charge is -2.32. The van der Waals surface area contributed by atoms with Crippen molar-refractivity contribution in [2.24, 2.45) is 0 Å². The number of piperidine rings is 1. The van der Waals surface area contributed by atoms with Gasteiger partial charge in [-0.15, -0.1) is 0 Å². The predicted octanol–water partition coefficient (Wildman–Crippen LogP) is 2.58. The molecule has 22 heavy (non-hydrogen) atoms. The summed E-state index contributed by atoms with van der Waals surface area (Å²) in [6, 6.07) is 6.35. The van der Waals surface area contributed by atoms with E-state index in [0.29, 0.717) is 13.1 Å². The van der Waals surface area contributed by atoms with Gasteiger partial charge in [-0.3, -0.25) is 9.89 Å². The number of carbonyl (C=O) groups is 1. The van der Waals surface area contributed by atoms with Gasteiger partial charge in [-0.05, 0) is 31.0 Å². The van der Waals surface area contributed by atoms with E-state index in [1.54, 1.807) is 17.2 Å². The molecule has 3 rings (SSSR count). The number of nitrogens with one attached hydrogen (secondary N) is 1.